The molecule has 0 heterocycles. The highest BCUT2D eigenvalue weighted by Gasteiger charge is 2.17. The number of hydrogen-bond donors (Lipinski definition) is 2. The van der Waals surface area contributed by atoms with Crippen LogP contribution in [0.3, 0.4) is 0 Å². The molecule has 0 aliphatic rings. The highest BCUT2D eigenvalue weighted by Crippen LogP contribution is 2.29. The Labute approximate surface area is 117 Å². The van der Waals surface area contributed by atoms with Gasteiger partial charge in [-0.25, -0.2) is 9.59 Å². The van der Waals surface area contributed by atoms with E-state index in [1.54, 1.807) is 30.3 Å². The molecule has 2 N–H and O–H groups in total. The Kier molecular flexibility index (Phi) is 3.66. The van der Waals surface area contributed by atoms with E-state index in [-0.39, 0.29) is 11.1 Å². The van der Waals surface area contributed by atoms with E-state index >= 15 is 0 Å². The highest BCUT2D eigenvalue weighted by molar-refractivity contribution is 9.10. The third-order valence-electron chi connectivity index (χ3n) is 2.66. The van der Waals surface area contributed by atoms with Crippen LogP contribution < -0.4 is 0 Å². The summed E-state index contributed by atoms with van der Waals surface area (Å²) in [4.78, 5) is 22.4. The van der Waals surface area contributed by atoms with Crippen LogP contribution in [-0.2, 0) is 0 Å². The van der Waals surface area contributed by atoms with E-state index in [1.165, 1.54) is 12.1 Å². The second-order valence-corrected chi connectivity index (χ2v) is 4.76. The van der Waals surface area contributed by atoms with Crippen LogP contribution in [0.1, 0.15) is 20.7 Å². The third-order valence-corrected chi connectivity index (χ3v) is 3.15. The first-order valence-electron chi connectivity index (χ1n) is 5.36. The fourth-order valence-corrected chi connectivity index (χ4v) is 2.19. The summed E-state index contributed by atoms with van der Waals surface area (Å²) in [6.07, 6.45) is 0. The zero-order valence-electron chi connectivity index (χ0n) is 9.63. The molecule has 0 radical (unpaired) electrons. The minimum atomic E-state index is -1.10. The van der Waals surface area contributed by atoms with Crippen LogP contribution in [0.4, 0.5) is 0 Å². The van der Waals surface area contributed by atoms with E-state index in [0.29, 0.717) is 15.6 Å². The quantitative estimate of drug-likeness (QED) is 0.907. The lowest BCUT2D eigenvalue weighted by Crippen LogP contribution is -2.04. The van der Waals surface area contributed by atoms with Crippen LogP contribution in [0.5, 0.6) is 0 Å². The number of aromatic carboxylic acids is 2. The van der Waals surface area contributed by atoms with E-state index in [0.717, 1.165) is 0 Å². The van der Waals surface area contributed by atoms with Gasteiger partial charge in [-0.05, 0) is 29.3 Å². The number of carboxylic acids is 2. The van der Waals surface area contributed by atoms with Crippen LogP contribution in [-0.4, -0.2) is 22.2 Å². The summed E-state index contributed by atoms with van der Waals surface area (Å²) in [7, 11) is 0. The Balaban J connectivity index is 2.72. The fraction of sp³-hybridized carbons (Fsp3) is 0. The maximum Gasteiger partial charge on any atom is 0.336 e. The molecule has 0 bridgehead atoms. The smallest absolute Gasteiger partial charge is 0.336 e. The second kappa shape index (κ2) is 5.24. The lowest BCUT2D eigenvalue weighted by molar-refractivity contribution is 0.0684. The fourth-order valence-electron chi connectivity index (χ4n) is 1.83. The summed E-state index contributed by atoms with van der Waals surface area (Å²) in [5, 5.41) is 18.4. The predicted octanol–water partition coefficient (Wildman–Crippen LogP) is 3.51. The number of carbonyl (C=O) groups is 2. The Bertz CT molecular complexity index is 664. The zero-order valence-corrected chi connectivity index (χ0v) is 11.2. The summed E-state index contributed by atoms with van der Waals surface area (Å²) in [5.41, 5.74) is 0.906. The van der Waals surface area contributed by atoms with Gasteiger partial charge < -0.3 is 10.2 Å². The summed E-state index contributed by atoms with van der Waals surface area (Å²) in [6.45, 7) is 0. The predicted molar refractivity (Wildman–Crippen MR) is 73.5 cm³/mol. The average molecular weight is 321 g/mol. The number of halogens is 1. The first kappa shape index (κ1) is 13.3. The molecule has 0 atom stereocenters. The van der Waals surface area contributed by atoms with Gasteiger partial charge in [-0.15, -0.1) is 0 Å². The van der Waals surface area contributed by atoms with Crippen LogP contribution in [0.2, 0.25) is 0 Å². The highest BCUT2D eigenvalue weighted by atomic mass is 79.9. The minimum Gasteiger partial charge on any atom is -0.478 e. The molecule has 0 unspecified atom stereocenters. The molecule has 0 saturated carbocycles. The molecule has 96 valence electrons. The first-order chi connectivity index (χ1) is 9.00. The molecule has 0 spiro atoms. The molecule has 2 aromatic rings. The van der Waals surface area contributed by atoms with Crippen molar-refractivity contribution in [2.75, 3.05) is 0 Å². The van der Waals surface area contributed by atoms with Crippen LogP contribution in [0.15, 0.2) is 46.9 Å². The molecular weight excluding hydrogens is 312 g/mol. The van der Waals surface area contributed by atoms with Crippen molar-refractivity contribution in [1.29, 1.82) is 0 Å². The van der Waals surface area contributed by atoms with E-state index in [1.807, 2.05) is 0 Å². The van der Waals surface area contributed by atoms with Crippen LogP contribution in [0.25, 0.3) is 11.1 Å². The molecule has 0 saturated heterocycles. The van der Waals surface area contributed by atoms with Gasteiger partial charge in [0, 0.05) is 4.47 Å². The number of benzene rings is 2. The topological polar surface area (TPSA) is 74.6 Å². The van der Waals surface area contributed by atoms with E-state index in [4.69, 9.17) is 5.11 Å². The van der Waals surface area contributed by atoms with Gasteiger partial charge in [-0.3, -0.25) is 0 Å². The monoisotopic (exact) mass is 320 g/mol. The van der Waals surface area contributed by atoms with Crippen molar-refractivity contribution in [3.8, 4) is 11.1 Å². The van der Waals surface area contributed by atoms with Crippen LogP contribution in [0, 0.1) is 0 Å². The van der Waals surface area contributed by atoms with E-state index in [9.17, 15) is 14.7 Å². The molecule has 2 rings (SSSR count). The van der Waals surface area contributed by atoms with E-state index in [2.05, 4.69) is 15.9 Å². The van der Waals surface area contributed by atoms with Gasteiger partial charge in [0.25, 0.3) is 0 Å². The van der Waals surface area contributed by atoms with Gasteiger partial charge in [0.2, 0.25) is 0 Å². The van der Waals surface area contributed by atoms with Crippen molar-refractivity contribution in [3.05, 3.63) is 58.1 Å². The molecule has 19 heavy (non-hydrogen) atoms. The molecule has 0 aliphatic carbocycles. The summed E-state index contributed by atoms with van der Waals surface area (Å²) < 4.78 is 0.626. The Morgan fingerprint density at radius 3 is 2.05 bits per heavy atom. The lowest BCUT2D eigenvalue weighted by Gasteiger charge is -2.09. The number of rotatable bonds is 3. The standard InChI is InChI=1S/C14H9BrO4/c15-8-5-6-10(12(7-8)14(18)19)9-3-1-2-4-11(9)13(16)17/h1-7H,(H,16,17)(H,18,19). The van der Waals surface area contributed by atoms with Gasteiger partial charge in [-0.2, -0.15) is 0 Å². The van der Waals surface area contributed by atoms with Gasteiger partial charge in [0.15, 0.2) is 0 Å². The molecule has 2 aromatic carbocycles. The Hall–Kier alpha value is -2.14. The SMILES string of the molecule is O=C(O)c1ccccc1-c1ccc(Br)cc1C(=O)O. The largest absolute Gasteiger partial charge is 0.478 e. The number of hydrogen-bond acceptors (Lipinski definition) is 2. The van der Waals surface area contributed by atoms with Gasteiger partial charge in [0.05, 0.1) is 11.1 Å². The molecular formula is C14H9BrO4. The molecule has 5 heteroatoms. The van der Waals surface area contributed by atoms with E-state index < -0.39 is 11.9 Å². The third kappa shape index (κ3) is 2.66. The molecule has 4 nitrogen and oxygen atoms in total. The summed E-state index contributed by atoms with van der Waals surface area (Å²) >= 11 is 3.20. The minimum absolute atomic E-state index is 0.0584. The van der Waals surface area contributed by atoms with Crippen molar-refractivity contribution in [3.63, 3.8) is 0 Å². The van der Waals surface area contributed by atoms with Crippen molar-refractivity contribution < 1.29 is 19.8 Å². The molecule has 0 fully saturated rings. The van der Waals surface area contributed by atoms with Gasteiger partial charge in [-0.1, -0.05) is 40.2 Å². The summed E-state index contributed by atoms with van der Waals surface area (Å²) in [6, 6.07) is 11.1. The molecule has 0 aliphatic heterocycles. The average Bonchev–Trinajstić information content (AvgIpc) is 2.38. The molecule has 0 aromatic heterocycles. The number of carboxylic acid groups (broad SMARTS) is 2. The van der Waals surface area contributed by atoms with Crippen molar-refractivity contribution in [2.24, 2.45) is 0 Å². The summed E-state index contributed by atoms with van der Waals surface area (Å²) in [5.74, 6) is -2.19. The van der Waals surface area contributed by atoms with Crippen LogP contribution >= 0.6 is 15.9 Å². The second-order valence-electron chi connectivity index (χ2n) is 3.85. The Morgan fingerprint density at radius 2 is 1.42 bits per heavy atom. The Morgan fingerprint density at radius 1 is 0.842 bits per heavy atom. The maximum absolute atomic E-state index is 11.3. The van der Waals surface area contributed by atoms with Crippen molar-refractivity contribution in [1.82, 2.24) is 0 Å². The molecule has 0 amide bonds. The normalized spacial score (nSPS) is 10.2. The van der Waals surface area contributed by atoms with Crippen molar-refractivity contribution in [2.45, 2.75) is 0 Å². The maximum atomic E-state index is 11.3. The van der Waals surface area contributed by atoms with Crippen molar-refractivity contribution >= 4 is 27.9 Å². The van der Waals surface area contributed by atoms with Gasteiger partial charge in [0.1, 0.15) is 0 Å². The van der Waals surface area contributed by atoms with Gasteiger partial charge >= 0.3 is 11.9 Å². The zero-order chi connectivity index (χ0) is 14.0. The lowest BCUT2D eigenvalue weighted by atomic mass is 9.95. The first-order valence-corrected chi connectivity index (χ1v) is 6.15.